The summed E-state index contributed by atoms with van der Waals surface area (Å²) in [7, 11) is 6.26. The van der Waals surface area contributed by atoms with Crippen LogP contribution in [0.25, 0.3) is 11.6 Å². The molecule has 2 rings (SSSR count). The lowest BCUT2D eigenvalue weighted by Crippen LogP contribution is -1.96. The molecule has 2 aromatic rings. The van der Waals surface area contributed by atoms with E-state index in [9.17, 15) is 5.11 Å². The number of ether oxygens (including phenoxy) is 4. The average Bonchev–Trinajstić information content (AvgIpc) is 2.60. The van der Waals surface area contributed by atoms with Crippen molar-refractivity contribution < 1.29 is 24.1 Å². The number of phenols is 1. The lowest BCUT2D eigenvalue weighted by Gasteiger charge is -2.14. The molecule has 24 heavy (non-hydrogen) atoms. The van der Waals surface area contributed by atoms with Gasteiger partial charge in [-0.15, -0.1) is 0 Å². The number of methoxy groups -OCH3 is 4. The van der Waals surface area contributed by atoms with Gasteiger partial charge in [0.1, 0.15) is 0 Å². The molecule has 0 aliphatic carbocycles. The van der Waals surface area contributed by atoms with Crippen molar-refractivity contribution in [3.63, 3.8) is 0 Å². The van der Waals surface area contributed by atoms with Crippen LogP contribution in [0.1, 0.15) is 18.1 Å². The van der Waals surface area contributed by atoms with E-state index in [1.54, 1.807) is 33.5 Å². The van der Waals surface area contributed by atoms with Crippen molar-refractivity contribution in [2.75, 3.05) is 28.4 Å². The number of phenolic OH excluding ortho intramolecular Hbond substituents is 1. The summed E-state index contributed by atoms with van der Waals surface area (Å²) < 4.78 is 21.2. The van der Waals surface area contributed by atoms with Gasteiger partial charge in [-0.1, -0.05) is 12.1 Å². The van der Waals surface area contributed by atoms with E-state index < -0.39 is 0 Å². The first kappa shape index (κ1) is 17.5. The summed E-state index contributed by atoms with van der Waals surface area (Å²) in [6, 6.07) is 9.02. The molecule has 0 aliphatic heterocycles. The number of hydrogen-bond acceptors (Lipinski definition) is 5. The molecule has 0 spiro atoms. The van der Waals surface area contributed by atoms with Crippen LogP contribution < -0.4 is 18.9 Å². The van der Waals surface area contributed by atoms with E-state index in [0.29, 0.717) is 23.0 Å². The summed E-state index contributed by atoms with van der Waals surface area (Å²) in [5, 5.41) is 9.90. The zero-order chi connectivity index (χ0) is 17.7. The van der Waals surface area contributed by atoms with Crippen molar-refractivity contribution in [1.29, 1.82) is 0 Å². The fourth-order valence-electron chi connectivity index (χ4n) is 2.44. The van der Waals surface area contributed by atoms with Crippen LogP contribution in [0.3, 0.4) is 0 Å². The first-order valence-electron chi connectivity index (χ1n) is 7.39. The number of rotatable bonds is 6. The molecular formula is C19H22O5. The predicted molar refractivity (Wildman–Crippen MR) is 94.3 cm³/mol. The topological polar surface area (TPSA) is 57.2 Å². The van der Waals surface area contributed by atoms with E-state index in [1.807, 2.05) is 31.2 Å². The molecule has 0 saturated heterocycles. The van der Waals surface area contributed by atoms with Crippen LogP contribution in [-0.4, -0.2) is 33.5 Å². The zero-order valence-corrected chi connectivity index (χ0v) is 14.5. The van der Waals surface area contributed by atoms with Crippen LogP contribution in [0.15, 0.2) is 30.3 Å². The molecule has 5 nitrogen and oxygen atoms in total. The van der Waals surface area contributed by atoms with E-state index in [-0.39, 0.29) is 5.75 Å². The first-order valence-corrected chi connectivity index (χ1v) is 7.39. The highest BCUT2D eigenvalue weighted by atomic mass is 16.5. The van der Waals surface area contributed by atoms with Crippen LogP contribution in [-0.2, 0) is 0 Å². The Hall–Kier alpha value is -2.82. The van der Waals surface area contributed by atoms with Crippen molar-refractivity contribution in [3.05, 3.63) is 41.5 Å². The maximum Gasteiger partial charge on any atom is 0.203 e. The van der Waals surface area contributed by atoms with Crippen molar-refractivity contribution in [1.82, 2.24) is 0 Å². The minimum atomic E-state index is 0.101. The Labute approximate surface area is 142 Å². The summed E-state index contributed by atoms with van der Waals surface area (Å²) in [6.45, 7) is 1.97. The molecule has 128 valence electrons. The third-order valence-corrected chi connectivity index (χ3v) is 3.71. The predicted octanol–water partition coefficient (Wildman–Crippen LogP) is 3.99. The van der Waals surface area contributed by atoms with E-state index in [1.165, 1.54) is 7.11 Å². The highest BCUT2D eigenvalue weighted by Crippen LogP contribution is 2.40. The van der Waals surface area contributed by atoms with Crippen LogP contribution in [0, 0.1) is 0 Å². The molecule has 0 radical (unpaired) electrons. The maximum absolute atomic E-state index is 9.90. The fraction of sp³-hybridized carbons (Fsp3) is 0.263. The summed E-state index contributed by atoms with van der Waals surface area (Å²) in [4.78, 5) is 0. The van der Waals surface area contributed by atoms with Gasteiger partial charge in [0, 0.05) is 0 Å². The summed E-state index contributed by atoms with van der Waals surface area (Å²) in [6.07, 6.45) is 1.96. The summed E-state index contributed by atoms with van der Waals surface area (Å²) >= 11 is 0. The average molecular weight is 330 g/mol. The fourth-order valence-corrected chi connectivity index (χ4v) is 2.44. The summed E-state index contributed by atoms with van der Waals surface area (Å²) in [5.41, 5.74) is 2.78. The Balaban J connectivity index is 2.45. The molecule has 0 aliphatic rings. The van der Waals surface area contributed by atoms with Gasteiger partial charge in [-0.2, -0.15) is 0 Å². The largest absolute Gasteiger partial charge is 0.504 e. The molecule has 0 aromatic heterocycles. The number of hydrogen-bond donors (Lipinski definition) is 1. The van der Waals surface area contributed by atoms with Crippen molar-refractivity contribution in [2.24, 2.45) is 0 Å². The maximum atomic E-state index is 9.90. The highest BCUT2D eigenvalue weighted by Gasteiger charge is 2.14. The third kappa shape index (κ3) is 3.56. The Morgan fingerprint density at radius 2 is 1.42 bits per heavy atom. The van der Waals surface area contributed by atoms with Gasteiger partial charge in [0.05, 0.1) is 28.4 Å². The molecule has 5 heteroatoms. The monoisotopic (exact) mass is 330 g/mol. The van der Waals surface area contributed by atoms with E-state index in [2.05, 4.69) is 0 Å². The first-order chi connectivity index (χ1) is 11.5. The van der Waals surface area contributed by atoms with Crippen molar-refractivity contribution in [2.45, 2.75) is 6.92 Å². The van der Waals surface area contributed by atoms with E-state index in [4.69, 9.17) is 18.9 Å². The lowest BCUT2D eigenvalue weighted by atomic mass is 10.0. The minimum Gasteiger partial charge on any atom is -0.504 e. The van der Waals surface area contributed by atoms with Gasteiger partial charge >= 0.3 is 0 Å². The van der Waals surface area contributed by atoms with Crippen LogP contribution in [0.2, 0.25) is 0 Å². The zero-order valence-electron chi connectivity index (χ0n) is 14.5. The number of aromatic hydroxyl groups is 1. The second-order valence-electron chi connectivity index (χ2n) is 5.17. The molecule has 0 heterocycles. The molecule has 1 N–H and O–H groups in total. The molecule has 0 amide bonds. The van der Waals surface area contributed by atoms with Gasteiger partial charge in [-0.25, -0.2) is 0 Å². The Kier molecular flexibility index (Phi) is 5.58. The van der Waals surface area contributed by atoms with Gasteiger partial charge in [0.25, 0.3) is 0 Å². The SMILES string of the molecule is COc1ccc(/C=C(\C)c2cc(OC)c(OC)c(OC)c2)cc1O. The van der Waals surface area contributed by atoms with Gasteiger partial charge in [0.2, 0.25) is 5.75 Å². The molecule has 0 fully saturated rings. The van der Waals surface area contributed by atoms with Gasteiger partial charge < -0.3 is 24.1 Å². The van der Waals surface area contributed by atoms with Gasteiger partial charge in [-0.05, 0) is 47.9 Å². The van der Waals surface area contributed by atoms with Crippen molar-refractivity contribution in [3.8, 4) is 28.7 Å². The van der Waals surface area contributed by atoms with Gasteiger partial charge in [-0.3, -0.25) is 0 Å². The normalized spacial score (nSPS) is 11.1. The highest BCUT2D eigenvalue weighted by molar-refractivity contribution is 5.82. The van der Waals surface area contributed by atoms with Gasteiger partial charge in [0.15, 0.2) is 23.0 Å². The Morgan fingerprint density at radius 1 is 0.833 bits per heavy atom. The molecule has 0 atom stereocenters. The Bertz CT molecular complexity index is 724. The van der Waals surface area contributed by atoms with Crippen LogP contribution in [0.4, 0.5) is 0 Å². The van der Waals surface area contributed by atoms with Crippen LogP contribution >= 0.6 is 0 Å². The molecule has 0 saturated carbocycles. The van der Waals surface area contributed by atoms with Crippen molar-refractivity contribution >= 4 is 11.6 Å². The standard InChI is InChI=1S/C19H22O5/c1-12(8-13-6-7-16(21-2)15(20)9-13)14-10-17(22-3)19(24-5)18(11-14)23-4/h6-11,20H,1-5H3/b12-8+. The quantitative estimate of drug-likeness (QED) is 0.812. The third-order valence-electron chi connectivity index (χ3n) is 3.71. The molecule has 0 unspecified atom stereocenters. The smallest absolute Gasteiger partial charge is 0.203 e. The molecule has 0 bridgehead atoms. The molecule has 2 aromatic carbocycles. The summed E-state index contributed by atoms with van der Waals surface area (Å²) in [5.74, 6) is 2.29. The molecular weight excluding hydrogens is 308 g/mol. The Morgan fingerprint density at radius 3 is 1.88 bits per heavy atom. The van der Waals surface area contributed by atoms with E-state index >= 15 is 0 Å². The lowest BCUT2D eigenvalue weighted by molar-refractivity contribution is 0.324. The second-order valence-corrected chi connectivity index (χ2v) is 5.17. The minimum absolute atomic E-state index is 0.101. The number of benzene rings is 2. The number of allylic oxidation sites excluding steroid dienone is 1. The second kappa shape index (κ2) is 7.64. The van der Waals surface area contributed by atoms with Crippen LogP contribution in [0.5, 0.6) is 28.7 Å². The van der Waals surface area contributed by atoms with E-state index in [0.717, 1.165) is 16.7 Å².